The van der Waals surface area contributed by atoms with Gasteiger partial charge in [-0.2, -0.15) is 0 Å². The molecule has 0 spiro atoms. The zero-order chi connectivity index (χ0) is 9.84. The Hall–Kier alpha value is -0.280. The molecule has 0 aromatic carbocycles. The van der Waals surface area contributed by atoms with Gasteiger partial charge in [-0.15, -0.1) is 0 Å². The molecule has 1 rings (SSSR count). The molecule has 1 N–H and O–H groups in total. The minimum atomic E-state index is 0.286. The fraction of sp³-hybridized carbons (Fsp3) is 0.600. The predicted octanol–water partition coefficient (Wildman–Crippen LogP) is 3.35. The van der Waals surface area contributed by atoms with Crippen molar-refractivity contribution in [3.63, 3.8) is 0 Å². The number of furan rings is 1. The van der Waals surface area contributed by atoms with Crippen LogP contribution in [-0.4, -0.2) is 6.54 Å². The van der Waals surface area contributed by atoms with Gasteiger partial charge in [0.2, 0.25) is 0 Å². The summed E-state index contributed by atoms with van der Waals surface area (Å²) >= 11 is 3.29. The average Bonchev–Trinajstić information content (AvgIpc) is 2.47. The van der Waals surface area contributed by atoms with E-state index in [1.54, 1.807) is 0 Å². The number of rotatable bonds is 4. The molecule has 0 amide bonds. The van der Waals surface area contributed by atoms with E-state index in [0.717, 1.165) is 17.0 Å². The van der Waals surface area contributed by atoms with Crippen molar-refractivity contribution in [2.24, 2.45) is 5.92 Å². The van der Waals surface area contributed by atoms with Crippen molar-refractivity contribution < 1.29 is 4.42 Å². The first-order valence-electron chi connectivity index (χ1n) is 4.58. The van der Waals surface area contributed by atoms with Crippen molar-refractivity contribution in [1.29, 1.82) is 0 Å². The lowest BCUT2D eigenvalue weighted by atomic mass is 10.2. The molecular formula is C10H16BrNO. The normalized spacial score (nSPS) is 13.6. The van der Waals surface area contributed by atoms with E-state index in [0.29, 0.717) is 5.92 Å². The molecule has 74 valence electrons. The lowest BCUT2D eigenvalue weighted by Gasteiger charge is -2.12. The predicted molar refractivity (Wildman–Crippen MR) is 57.7 cm³/mol. The standard InChI is InChI=1S/C10H16BrNO/c1-7(2)6-12-8(3)9-4-5-10(11)13-9/h4-5,7-8,12H,6H2,1-3H3. The Morgan fingerprint density at radius 3 is 2.54 bits per heavy atom. The van der Waals surface area contributed by atoms with Gasteiger partial charge in [-0.3, -0.25) is 0 Å². The largest absolute Gasteiger partial charge is 0.453 e. The van der Waals surface area contributed by atoms with Crippen LogP contribution in [0.25, 0.3) is 0 Å². The van der Waals surface area contributed by atoms with Gasteiger partial charge in [-0.05, 0) is 47.4 Å². The minimum absolute atomic E-state index is 0.286. The van der Waals surface area contributed by atoms with E-state index in [4.69, 9.17) is 4.42 Å². The Morgan fingerprint density at radius 2 is 2.08 bits per heavy atom. The molecule has 0 aliphatic rings. The highest BCUT2D eigenvalue weighted by molar-refractivity contribution is 9.10. The summed E-state index contributed by atoms with van der Waals surface area (Å²) in [7, 11) is 0. The summed E-state index contributed by atoms with van der Waals surface area (Å²) in [5.74, 6) is 1.65. The summed E-state index contributed by atoms with van der Waals surface area (Å²) in [5.41, 5.74) is 0. The molecule has 1 heterocycles. The Bertz CT molecular complexity index is 257. The minimum Gasteiger partial charge on any atom is -0.453 e. The number of nitrogens with one attached hydrogen (secondary N) is 1. The summed E-state index contributed by atoms with van der Waals surface area (Å²) < 4.78 is 6.22. The molecule has 0 aliphatic heterocycles. The molecule has 0 radical (unpaired) electrons. The monoisotopic (exact) mass is 245 g/mol. The van der Waals surface area contributed by atoms with E-state index in [1.807, 2.05) is 12.1 Å². The van der Waals surface area contributed by atoms with Gasteiger partial charge in [-0.1, -0.05) is 13.8 Å². The number of hydrogen-bond donors (Lipinski definition) is 1. The zero-order valence-corrected chi connectivity index (χ0v) is 9.89. The highest BCUT2D eigenvalue weighted by Gasteiger charge is 2.08. The highest BCUT2D eigenvalue weighted by Crippen LogP contribution is 2.19. The Labute approximate surface area is 87.8 Å². The van der Waals surface area contributed by atoms with Crippen molar-refractivity contribution in [2.75, 3.05) is 6.54 Å². The van der Waals surface area contributed by atoms with Crippen LogP contribution in [0.15, 0.2) is 21.2 Å². The van der Waals surface area contributed by atoms with E-state index in [9.17, 15) is 0 Å². The molecular weight excluding hydrogens is 230 g/mol. The third-order valence-electron chi connectivity index (χ3n) is 1.85. The SMILES string of the molecule is CC(C)CNC(C)c1ccc(Br)o1. The molecule has 0 bridgehead atoms. The fourth-order valence-corrected chi connectivity index (χ4v) is 1.39. The smallest absolute Gasteiger partial charge is 0.169 e. The molecule has 13 heavy (non-hydrogen) atoms. The van der Waals surface area contributed by atoms with Gasteiger partial charge in [0.25, 0.3) is 0 Å². The van der Waals surface area contributed by atoms with E-state index in [1.165, 1.54) is 0 Å². The summed E-state index contributed by atoms with van der Waals surface area (Å²) in [5, 5.41) is 3.40. The molecule has 2 nitrogen and oxygen atoms in total. The van der Waals surface area contributed by atoms with Crippen LogP contribution in [0.1, 0.15) is 32.6 Å². The van der Waals surface area contributed by atoms with E-state index < -0.39 is 0 Å². The maximum absolute atomic E-state index is 5.43. The van der Waals surface area contributed by atoms with Crippen molar-refractivity contribution in [1.82, 2.24) is 5.32 Å². The third-order valence-corrected chi connectivity index (χ3v) is 2.28. The van der Waals surface area contributed by atoms with Crippen LogP contribution < -0.4 is 5.32 Å². The third kappa shape index (κ3) is 3.53. The second-order valence-corrected chi connectivity index (χ2v) is 4.45. The van der Waals surface area contributed by atoms with E-state index in [2.05, 4.69) is 42.0 Å². The second-order valence-electron chi connectivity index (χ2n) is 3.67. The molecule has 1 aromatic heterocycles. The quantitative estimate of drug-likeness (QED) is 0.881. The molecule has 1 aromatic rings. The molecule has 0 saturated heterocycles. The highest BCUT2D eigenvalue weighted by atomic mass is 79.9. The summed E-state index contributed by atoms with van der Waals surface area (Å²) in [6.07, 6.45) is 0. The first kappa shape index (κ1) is 10.8. The summed E-state index contributed by atoms with van der Waals surface area (Å²) in [6.45, 7) is 7.50. The van der Waals surface area contributed by atoms with Crippen molar-refractivity contribution >= 4 is 15.9 Å². The topological polar surface area (TPSA) is 25.2 Å². The van der Waals surface area contributed by atoms with Crippen molar-refractivity contribution in [2.45, 2.75) is 26.8 Å². The molecule has 1 unspecified atom stereocenters. The van der Waals surface area contributed by atoms with Gasteiger partial charge in [-0.25, -0.2) is 0 Å². The van der Waals surface area contributed by atoms with Gasteiger partial charge in [0.05, 0.1) is 6.04 Å². The van der Waals surface area contributed by atoms with Crippen LogP contribution >= 0.6 is 15.9 Å². The number of halogens is 1. The van der Waals surface area contributed by atoms with Crippen LogP contribution in [0, 0.1) is 5.92 Å². The second kappa shape index (κ2) is 4.82. The van der Waals surface area contributed by atoms with Gasteiger partial charge < -0.3 is 9.73 Å². The molecule has 1 atom stereocenters. The Morgan fingerprint density at radius 1 is 1.38 bits per heavy atom. The Kier molecular flexibility index (Phi) is 4.00. The van der Waals surface area contributed by atoms with E-state index in [-0.39, 0.29) is 6.04 Å². The molecule has 0 aliphatic carbocycles. The van der Waals surface area contributed by atoms with Crippen LogP contribution in [-0.2, 0) is 0 Å². The fourth-order valence-electron chi connectivity index (χ4n) is 1.07. The van der Waals surface area contributed by atoms with E-state index >= 15 is 0 Å². The van der Waals surface area contributed by atoms with Crippen molar-refractivity contribution in [3.05, 3.63) is 22.6 Å². The molecule has 3 heteroatoms. The first-order chi connectivity index (χ1) is 6.09. The summed E-state index contributed by atoms with van der Waals surface area (Å²) in [6, 6.07) is 4.19. The number of hydrogen-bond acceptors (Lipinski definition) is 2. The lowest BCUT2D eigenvalue weighted by molar-refractivity contribution is 0.402. The van der Waals surface area contributed by atoms with Crippen LogP contribution in [0.3, 0.4) is 0 Å². The summed E-state index contributed by atoms with van der Waals surface area (Å²) in [4.78, 5) is 0. The van der Waals surface area contributed by atoms with Gasteiger partial charge in [0, 0.05) is 0 Å². The van der Waals surface area contributed by atoms with Gasteiger partial charge >= 0.3 is 0 Å². The van der Waals surface area contributed by atoms with Crippen molar-refractivity contribution in [3.8, 4) is 0 Å². The lowest BCUT2D eigenvalue weighted by Crippen LogP contribution is -2.22. The van der Waals surface area contributed by atoms with Crippen LogP contribution in [0.5, 0.6) is 0 Å². The maximum Gasteiger partial charge on any atom is 0.169 e. The zero-order valence-electron chi connectivity index (χ0n) is 8.30. The molecule has 0 fully saturated rings. The maximum atomic E-state index is 5.43. The van der Waals surface area contributed by atoms with Gasteiger partial charge in [0.1, 0.15) is 5.76 Å². The Balaban J connectivity index is 2.44. The van der Waals surface area contributed by atoms with Crippen LogP contribution in [0.4, 0.5) is 0 Å². The first-order valence-corrected chi connectivity index (χ1v) is 5.37. The average molecular weight is 246 g/mol. The van der Waals surface area contributed by atoms with Crippen LogP contribution in [0.2, 0.25) is 0 Å². The van der Waals surface area contributed by atoms with Gasteiger partial charge in [0.15, 0.2) is 4.67 Å². The molecule has 0 saturated carbocycles.